The highest BCUT2D eigenvalue weighted by Gasteiger charge is 2.41. The van der Waals surface area contributed by atoms with Crippen molar-refractivity contribution < 1.29 is 14.3 Å². The Morgan fingerprint density at radius 2 is 1.84 bits per heavy atom. The highest BCUT2D eigenvalue weighted by molar-refractivity contribution is 5.64. The molecule has 0 fully saturated rings. The molecule has 4 heteroatoms. The smallest absolute Gasteiger partial charge is 0.294 e. The van der Waals surface area contributed by atoms with Crippen molar-refractivity contribution in [1.29, 1.82) is 0 Å². The number of ether oxygens (including phenoxy) is 2. The van der Waals surface area contributed by atoms with Crippen molar-refractivity contribution in [2.24, 2.45) is 0 Å². The molecule has 0 bridgehead atoms. The first-order chi connectivity index (χ1) is 11.9. The van der Waals surface area contributed by atoms with E-state index in [9.17, 15) is 4.79 Å². The average molecular weight is 339 g/mol. The predicted octanol–water partition coefficient (Wildman–Crippen LogP) is 4.69. The lowest BCUT2D eigenvalue weighted by Gasteiger charge is -2.37. The summed E-state index contributed by atoms with van der Waals surface area (Å²) in [6, 6.07) is 10.2. The zero-order valence-electron chi connectivity index (χ0n) is 15.6. The third kappa shape index (κ3) is 2.76. The summed E-state index contributed by atoms with van der Waals surface area (Å²) in [5, 5.41) is 0. The van der Waals surface area contributed by atoms with Crippen LogP contribution in [-0.2, 0) is 15.1 Å². The first kappa shape index (κ1) is 17.3. The Bertz CT molecular complexity index is 811. The average Bonchev–Trinajstić information content (AvgIpc) is 2.55. The first-order valence-corrected chi connectivity index (χ1v) is 8.75. The molecular formula is C21H25NO3. The maximum Gasteiger partial charge on any atom is 0.294 e. The molecule has 0 aliphatic carbocycles. The van der Waals surface area contributed by atoms with Crippen molar-refractivity contribution in [3.8, 4) is 11.5 Å². The van der Waals surface area contributed by atoms with E-state index in [2.05, 4.69) is 30.9 Å². The summed E-state index contributed by atoms with van der Waals surface area (Å²) in [5.41, 5.74) is 4.20. The molecule has 1 aliphatic rings. The molecule has 0 spiro atoms. The van der Waals surface area contributed by atoms with E-state index in [1.807, 2.05) is 39.0 Å². The summed E-state index contributed by atoms with van der Waals surface area (Å²) < 4.78 is 11.9. The standard InChI is InChI=1S/C21H25NO3/c1-6-22(7-2)16-8-9-17-18(12-16)25-19-11-14(3)10-15(4)20(19)21(17,5)24-13-23/h8-13H,6-7H2,1-5H3. The molecule has 0 aromatic heterocycles. The van der Waals surface area contributed by atoms with Crippen LogP contribution in [0.3, 0.4) is 0 Å². The third-order valence-corrected chi connectivity index (χ3v) is 5.03. The number of nitrogens with zero attached hydrogens (tertiary/aromatic N) is 1. The molecule has 2 aromatic rings. The van der Waals surface area contributed by atoms with Gasteiger partial charge in [-0.1, -0.05) is 6.07 Å². The number of hydrogen-bond acceptors (Lipinski definition) is 4. The summed E-state index contributed by atoms with van der Waals surface area (Å²) in [7, 11) is 0. The van der Waals surface area contributed by atoms with Crippen LogP contribution in [0.5, 0.6) is 11.5 Å². The Morgan fingerprint density at radius 3 is 2.48 bits per heavy atom. The monoisotopic (exact) mass is 339 g/mol. The fourth-order valence-electron chi connectivity index (χ4n) is 3.87. The van der Waals surface area contributed by atoms with Crippen LogP contribution in [0.2, 0.25) is 0 Å². The predicted molar refractivity (Wildman–Crippen MR) is 99.6 cm³/mol. The van der Waals surface area contributed by atoms with Gasteiger partial charge in [-0.25, -0.2) is 0 Å². The minimum atomic E-state index is -0.857. The molecule has 25 heavy (non-hydrogen) atoms. The van der Waals surface area contributed by atoms with E-state index in [1.165, 1.54) is 0 Å². The van der Waals surface area contributed by atoms with Gasteiger partial charge in [-0.05, 0) is 63.9 Å². The number of benzene rings is 2. The molecule has 1 aliphatic heterocycles. The van der Waals surface area contributed by atoms with Crippen LogP contribution in [0, 0.1) is 13.8 Å². The van der Waals surface area contributed by atoms with Crippen LogP contribution in [0.1, 0.15) is 43.0 Å². The van der Waals surface area contributed by atoms with Crippen LogP contribution in [0.4, 0.5) is 5.69 Å². The molecule has 0 radical (unpaired) electrons. The number of anilines is 1. The lowest BCUT2D eigenvalue weighted by atomic mass is 9.81. The van der Waals surface area contributed by atoms with Gasteiger partial charge in [0.05, 0.1) is 0 Å². The lowest BCUT2D eigenvalue weighted by Crippen LogP contribution is -2.32. The molecular weight excluding hydrogens is 314 g/mol. The Hall–Kier alpha value is -2.49. The van der Waals surface area contributed by atoms with Crippen molar-refractivity contribution in [1.82, 2.24) is 0 Å². The Labute approximate surface area is 149 Å². The molecule has 0 saturated heterocycles. The summed E-state index contributed by atoms with van der Waals surface area (Å²) >= 11 is 0. The normalized spacial score (nSPS) is 18.0. The fraction of sp³-hybridized carbons (Fsp3) is 0.381. The molecule has 0 amide bonds. The highest BCUT2D eigenvalue weighted by atomic mass is 16.5. The van der Waals surface area contributed by atoms with E-state index < -0.39 is 5.60 Å². The summed E-state index contributed by atoms with van der Waals surface area (Å²) in [6.45, 7) is 12.6. The van der Waals surface area contributed by atoms with Crippen LogP contribution in [0.15, 0.2) is 30.3 Å². The maximum absolute atomic E-state index is 11.3. The molecule has 1 heterocycles. The van der Waals surface area contributed by atoms with Crippen molar-refractivity contribution in [3.05, 3.63) is 52.6 Å². The van der Waals surface area contributed by atoms with Gasteiger partial charge in [-0.2, -0.15) is 0 Å². The van der Waals surface area contributed by atoms with Crippen LogP contribution >= 0.6 is 0 Å². The van der Waals surface area contributed by atoms with Crippen LogP contribution in [-0.4, -0.2) is 19.6 Å². The zero-order valence-corrected chi connectivity index (χ0v) is 15.6. The number of fused-ring (bicyclic) bond motifs is 2. The number of hydrogen-bond donors (Lipinski definition) is 0. The number of aryl methyl sites for hydroxylation is 2. The molecule has 1 atom stereocenters. The van der Waals surface area contributed by atoms with E-state index >= 15 is 0 Å². The Morgan fingerprint density at radius 1 is 1.12 bits per heavy atom. The minimum absolute atomic E-state index is 0.524. The van der Waals surface area contributed by atoms with Crippen molar-refractivity contribution in [2.45, 2.75) is 40.2 Å². The molecule has 3 rings (SSSR count). The summed E-state index contributed by atoms with van der Waals surface area (Å²) in [4.78, 5) is 13.5. The van der Waals surface area contributed by atoms with E-state index in [4.69, 9.17) is 9.47 Å². The fourth-order valence-corrected chi connectivity index (χ4v) is 3.87. The van der Waals surface area contributed by atoms with Gasteiger partial charge in [-0.3, -0.25) is 4.79 Å². The lowest BCUT2D eigenvalue weighted by molar-refractivity contribution is -0.139. The van der Waals surface area contributed by atoms with E-state index in [-0.39, 0.29) is 0 Å². The van der Waals surface area contributed by atoms with Crippen molar-refractivity contribution in [2.75, 3.05) is 18.0 Å². The number of carbonyl (C=O) groups excluding carboxylic acids is 1. The van der Waals surface area contributed by atoms with Gasteiger partial charge in [0.2, 0.25) is 0 Å². The van der Waals surface area contributed by atoms with Gasteiger partial charge in [-0.15, -0.1) is 0 Å². The largest absolute Gasteiger partial charge is 0.456 e. The van der Waals surface area contributed by atoms with Gasteiger partial charge in [0.15, 0.2) is 5.60 Å². The molecule has 2 aromatic carbocycles. The third-order valence-electron chi connectivity index (χ3n) is 5.03. The van der Waals surface area contributed by atoms with Crippen molar-refractivity contribution in [3.63, 3.8) is 0 Å². The topological polar surface area (TPSA) is 38.8 Å². The Kier molecular flexibility index (Phi) is 4.46. The zero-order chi connectivity index (χ0) is 18.2. The van der Waals surface area contributed by atoms with Gasteiger partial charge >= 0.3 is 0 Å². The maximum atomic E-state index is 11.3. The molecule has 0 N–H and O–H groups in total. The molecule has 4 nitrogen and oxygen atoms in total. The van der Waals surface area contributed by atoms with E-state index in [1.54, 1.807) is 0 Å². The van der Waals surface area contributed by atoms with Crippen LogP contribution < -0.4 is 9.64 Å². The van der Waals surface area contributed by atoms with Crippen molar-refractivity contribution >= 4 is 12.2 Å². The van der Waals surface area contributed by atoms with Gasteiger partial charge in [0.25, 0.3) is 6.47 Å². The van der Waals surface area contributed by atoms with Crippen LogP contribution in [0.25, 0.3) is 0 Å². The number of rotatable bonds is 5. The van der Waals surface area contributed by atoms with Gasteiger partial charge < -0.3 is 14.4 Å². The second-order valence-corrected chi connectivity index (χ2v) is 6.66. The SMILES string of the molecule is CCN(CC)c1ccc2c(c1)Oc1cc(C)cc(C)c1C2(C)OC=O. The quantitative estimate of drug-likeness (QED) is 0.741. The second kappa shape index (κ2) is 6.43. The van der Waals surface area contributed by atoms with E-state index in [0.717, 1.165) is 52.5 Å². The summed E-state index contributed by atoms with van der Waals surface area (Å²) in [6.07, 6.45) is 0. The van der Waals surface area contributed by atoms with E-state index in [0.29, 0.717) is 6.47 Å². The first-order valence-electron chi connectivity index (χ1n) is 8.75. The number of carbonyl (C=O) groups is 1. The second-order valence-electron chi connectivity index (χ2n) is 6.66. The van der Waals surface area contributed by atoms with Gasteiger partial charge in [0.1, 0.15) is 11.5 Å². The summed E-state index contributed by atoms with van der Waals surface area (Å²) in [5.74, 6) is 1.50. The highest BCUT2D eigenvalue weighted by Crippen LogP contribution is 2.50. The molecule has 132 valence electrons. The van der Waals surface area contributed by atoms with Gasteiger partial charge in [0, 0.05) is 36.0 Å². The molecule has 1 unspecified atom stereocenters. The Balaban J connectivity index is 2.21. The minimum Gasteiger partial charge on any atom is -0.456 e. The molecule has 0 saturated carbocycles.